The predicted molar refractivity (Wildman–Crippen MR) is 33.2 cm³/mol. The summed E-state index contributed by atoms with van der Waals surface area (Å²) in [4.78, 5) is 0. The summed E-state index contributed by atoms with van der Waals surface area (Å²) in [6.45, 7) is 0. The summed E-state index contributed by atoms with van der Waals surface area (Å²) in [7, 11) is 2.00. The van der Waals surface area contributed by atoms with Crippen molar-refractivity contribution in [2.75, 3.05) is 0 Å². The first-order valence-electron chi connectivity index (χ1n) is 1.88. The molecule has 0 spiro atoms. The molecule has 0 saturated carbocycles. The maximum absolute atomic E-state index is 3.33. The highest BCUT2D eigenvalue weighted by Gasteiger charge is 1.93. The molecule has 0 aliphatic rings. The molecule has 1 aromatic heterocycles. The van der Waals surface area contributed by atoms with E-state index in [-0.39, 0.29) is 24.0 Å². The second-order valence-corrected chi connectivity index (χ2v) is 3.59. The van der Waals surface area contributed by atoms with Gasteiger partial charge in [0.1, 0.15) is 10.8 Å². The smallest absolute Gasteiger partial charge is 0.225 e. The number of aryl methyl sites for hydroxylation is 1. The average molecular weight is 306 g/mol. The third-order valence-electron chi connectivity index (χ3n) is 0.637. The summed E-state index contributed by atoms with van der Waals surface area (Å²) >= 11 is 5.01. The fourth-order valence-corrected chi connectivity index (χ4v) is 1.48. The molecule has 1 aromatic rings. The van der Waals surface area contributed by atoms with E-state index in [9.17, 15) is 0 Å². The molecule has 4 heteroatoms. The van der Waals surface area contributed by atoms with Crippen molar-refractivity contribution < 1.29 is 28.5 Å². The van der Waals surface area contributed by atoms with Crippen molar-refractivity contribution in [3.8, 4) is 0 Å². The summed E-state index contributed by atoms with van der Waals surface area (Å²) in [6, 6.07) is 0. The van der Waals surface area contributed by atoms with E-state index in [4.69, 9.17) is 0 Å². The standard InChI is InChI=1S/C4H5BrNS.HI/c1-6-2-4(5)7-3-6;/h2-3H,1H3;1H/q+1;/p-1. The molecule has 0 unspecified atom stereocenters. The molecule has 8 heavy (non-hydrogen) atoms. The van der Waals surface area contributed by atoms with Gasteiger partial charge in [0.05, 0.1) is 0 Å². The van der Waals surface area contributed by atoms with Crippen LogP contribution in [-0.2, 0) is 7.05 Å². The summed E-state index contributed by atoms with van der Waals surface area (Å²) in [5.74, 6) is 0. The minimum Gasteiger partial charge on any atom is -1.00 e. The molecule has 0 amide bonds. The Morgan fingerprint density at radius 1 is 1.75 bits per heavy atom. The van der Waals surface area contributed by atoms with Crippen LogP contribution in [0.5, 0.6) is 0 Å². The summed E-state index contributed by atoms with van der Waals surface area (Å²) in [5.41, 5.74) is 2.03. The molecule has 0 aromatic carbocycles. The van der Waals surface area contributed by atoms with Crippen molar-refractivity contribution >= 4 is 27.3 Å². The van der Waals surface area contributed by atoms with Crippen LogP contribution >= 0.6 is 27.3 Å². The molecule has 0 fully saturated rings. The van der Waals surface area contributed by atoms with Crippen molar-refractivity contribution in [3.63, 3.8) is 0 Å². The zero-order chi connectivity index (χ0) is 5.28. The molecule has 1 nitrogen and oxygen atoms in total. The lowest BCUT2D eigenvalue weighted by atomic mass is 10.9. The van der Waals surface area contributed by atoms with Gasteiger partial charge in [-0.2, -0.15) is 4.57 Å². The number of halogens is 2. The van der Waals surface area contributed by atoms with E-state index in [0.717, 1.165) is 0 Å². The fraction of sp³-hybridized carbons (Fsp3) is 0.250. The zero-order valence-corrected chi connectivity index (χ0v) is 8.83. The molecule has 0 saturated heterocycles. The van der Waals surface area contributed by atoms with Crippen LogP contribution in [0, 0.1) is 0 Å². The molecule has 0 aliphatic carbocycles. The van der Waals surface area contributed by atoms with E-state index >= 15 is 0 Å². The first-order valence-corrected chi connectivity index (χ1v) is 3.55. The van der Waals surface area contributed by atoms with Crippen molar-refractivity contribution in [1.82, 2.24) is 0 Å². The molecule has 1 rings (SSSR count). The van der Waals surface area contributed by atoms with Crippen LogP contribution in [0.25, 0.3) is 0 Å². The van der Waals surface area contributed by atoms with Crippen LogP contribution in [-0.4, -0.2) is 0 Å². The zero-order valence-electron chi connectivity index (χ0n) is 4.27. The van der Waals surface area contributed by atoms with E-state index in [2.05, 4.69) is 15.9 Å². The van der Waals surface area contributed by atoms with Gasteiger partial charge in [0.25, 0.3) is 0 Å². The van der Waals surface area contributed by atoms with Crippen molar-refractivity contribution in [1.29, 1.82) is 0 Å². The predicted octanol–water partition coefficient (Wildman–Crippen LogP) is -1.66. The number of aromatic nitrogens is 1. The Kier molecular flexibility index (Phi) is 4.19. The van der Waals surface area contributed by atoms with Crippen LogP contribution < -0.4 is 28.5 Å². The molecule has 0 N–H and O–H groups in total. The number of hydrogen-bond acceptors (Lipinski definition) is 1. The van der Waals surface area contributed by atoms with Crippen LogP contribution in [0.15, 0.2) is 15.5 Å². The Morgan fingerprint density at radius 3 is 2.50 bits per heavy atom. The number of nitrogens with zero attached hydrogens (tertiary/aromatic N) is 1. The second kappa shape index (κ2) is 3.79. The lowest BCUT2D eigenvalue weighted by Gasteiger charge is -1.64. The van der Waals surface area contributed by atoms with Crippen LogP contribution in [0.4, 0.5) is 0 Å². The normalized spacial score (nSPS) is 8.25. The molecular formula is C4H5BrINS. The summed E-state index contributed by atoms with van der Waals surface area (Å²) < 4.78 is 3.18. The first kappa shape index (κ1) is 8.84. The van der Waals surface area contributed by atoms with Gasteiger partial charge < -0.3 is 24.0 Å². The SMILES string of the molecule is C[n+]1csc(Br)c1.[I-]. The minimum atomic E-state index is 0. The average Bonchev–Trinajstić information content (AvgIpc) is 1.87. The maximum atomic E-state index is 3.33. The molecule has 46 valence electrons. The Hall–Kier alpha value is 0.840. The molecule has 0 atom stereocenters. The van der Waals surface area contributed by atoms with Crippen molar-refractivity contribution in [2.24, 2.45) is 7.05 Å². The van der Waals surface area contributed by atoms with Gasteiger partial charge >= 0.3 is 0 Å². The second-order valence-electron chi connectivity index (χ2n) is 1.32. The molecule has 0 bridgehead atoms. The highest BCUT2D eigenvalue weighted by atomic mass is 127. The van der Waals surface area contributed by atoms with Gasteiger partial charge in [0.15, 0.2) is 6.20 Å². The van der Waals surface area contributed by atoms with Gasteiger partial charge in [0, 0.05) is 0 Å². The minimum absolute atomic E-state index is 0. The van der Waals surface area contributed by atoms with Crippen molar-refractivity contribution in [2.45, 2.75) is 0 Å². The lowest BCUT2D eigenvalue weighted by Crippen LogP contribution is -3.00. The van der Waals surface area contributed by atoms with Gasteiger partial charge in [-0.1, -0.05) is 11.3 Å². The highest BCUT2D eigenvalue weighted by molar-refractivity contribution is 9.11. The van der Waals surface area contributed by atoms with Crippen LogP contribution in [0.3, 0.4) is 0 Å². The van der Waals surface area contributed by atoms with Gasteiger partial charge in [-0.25, -0.2) is 0 Å². The van der Waals surface area contributed by atoms with Gasteiger partial charge in [0.2, 0.25) is 5.51 Å². The third kappa shape index (κ3) is 2.41. The van der Waals surface area contributed by atoms with Crippen LogP contribution in [0.1, 0.15) is 0 Å². The van der Waals surface area contributed by atoms with E-state index in [1.807, 2.05) is 23.3 Å². The molecular weight excluding hydrogens is 301 g/mol. The number of rotatable bonds is 0. The maximum Gasteiger partial charge on any atom is 0.225 e. The van der Waals surface area contributed by atoms with E-state index < -0.39 is 0 Å². The molecule has 0 radical (unpaired) electrons. The third-order valence-corrected chi connectivity index (χ3v) is 2.17. The Balaban J connectivity index is 0.000000490. The summed E-state index contributed by atoms with van der Waals surface area (Å²) in [5, 5.41) is 0. The largest absolute Gasteiger partial charge is 1.00 e. The molecule has 1 heterocycles. The van der Waals surface area contributed by atoms with Crippen LogP contribution in [0.2, 0.25) is 0 Å². The van der Waals surface area contributed by atoms with Crippen molar-refractivity contribution in [3.05, 3.63) is 15.5 Å². The first-order chi connectivity index (χ1) is 3.29. The monoisotopic (exact) mass is 305 g/mol. The lowest BCUT2D eigenvalue weighted by molar-refractivity contribution is -0.666. The number of thiazole rings is 1. The van der Waals surface area contributed by atoms with E-state index in [1.54, 1.807) is 11.3 Å². The van der Waals surface area contributed by atoms with Gasteiger partial charge in [-0.15, -0.1) is 0 Å². The van der Waals surface area contributed by atoms with E-state index in [1.165, 1.54) is 3.79 Å². The van der Waals surface area contributed by atoms with Gasteiger partial charge in [-0.05, 0) is 15.9 Å². The van der Waals surface area contributed by atoms with E-state index in [0.29, 0.717) is 0 Å². The highest BCUT2D eigenvalue weighted by Crippen LogP contribution is 2.10. The van der Waals surface area contributed by atoms with Gasteiger partial charge in [-0.3, -0.25) is 0 Å². The molecule has 0 aliphatic heterocycles. The Labute approximate surface area is 77.9 Å². The number of hydrogen-bond donors (Lipinski definition) is 0. The summed E-state index contributed by atoms with van der Waals surface area (Å²) in [6.07, 6.45) is 2.02. The Bertz CT molecular complexity index is 148. The Morgan fingerprint density at radius 2 is 2.38 bits per heavy atom. The fourth-order valence-electron chi connectivity index (χ4n) is 0.354. The quantitative estimate of drug-likeness (QED) is 0.399. The topological polar surface area (TPSA) is 3.88 Å².